The van der Waals surface area contributed by atoms with Gasteiger partial charge < -0.3 is 5.11 Å². The molecule has 92 valence electrons. The van der Waals surface area contributed by atoms with E-state index in [0.717, 1.165) is 11.3 Å². The molecule has 5 nitrogen and oxygen atoms in total. The van der Waals surface area contributed by atoms with E-state index in [4.69, 9.17) is 5.11 Å². The van der Waals surface area contributed by atoms with E-state index in [-0.39, 0.29) is 10.8 Å². The SMILES string of the molecule is CN(C(=O)c1ccc(C(=O)O)s1)c1ccccn1. The Kier molecular flexibility index (Phi) is 3.38. The van der Waals surface area contributed by atoms with Crippen LogP contribution in [-0.2, 0) is 0 Å². The number of carbonyl (C=O) groups excluding carboxylic acids is 1. The van der Waals surface area contributed by atoms with Gasteiger partial charge in [-0.25, -0.2) is 9.78 Å². The average molecular weight is 262 g/mol. The monoisotopic (exact) mass is 262 g/mol. The first kappa shape index (κ1) is 12.3. The molecule has 2 heterocycles. The maximum absolute atomic E-state index is 12.1. The molecule has 0 bridgehead atoms. The largest absolute Gasteiger partial charge is 0.477 e. The van der Waals surface area contributed by atoms with Crippen molar-refractivity contribution < 1.29 is 14.7 Å². The van der Waals surface area contributed by atoms with E-state index in [1.54, 1.807) is 31.4 Å². The fourth-order valence-electron chi connectivity index (χ4n) is 1.39. The number of rotatable bonds is 3. The van der Waals surface area contributed by atoms with Crippen molar-refractivity contribution in [2.45, 2.75) is 0 Å². The molecule has 2 rings (SSSR count). The molecular weight excluding hydrogens is 252 g/mol. The van der Waals surface area contributed by atoms with Crippen LogP contribution in [0.5, 0.6) is 0 Å². The number of aromatic nitrogens is 1. The molecule has 0 atom stereocenters. The molecule has 6 heteroatoms. The Bertz CT molecular complexity index is 580. The Hall–Kier alpha value is -2.21. The quantitative estimate of drug-likeness (QED) is 0.919. The van der Waals surface area contributed by atoms with Crippen LogP contribution in [0.3, 0.4) is 0 Å². The lowest BCUT2D eigenvalue weighted by atomic mass is 10.3. The molecule has 0 saturated heterocycles. The molecule has 0 aromatic carbocycles. The zero-order valence-electron chi connectivity index (χ0n) is 9.53. The van der Waals surface area contributed by atoms with Crippen LogP contribution in [0.2, 0.25) is 0 Å². The summed E-state index contributed by atoms with van der Waals surface area (Å²) in [6, 6.07) is 8.19. The van der Waals surface area contributed by atoms with Crippen molar-refractivity contribution in [1.82, 2.24) is 4.98 Å². The number of carboxylic acid groups (broad SMARTS) is 1. The third kappa shape index (κ3) is 2.38. The molecule has 0 aliphatic carbocycles. The number of hydrogen-bond donors (Lipinski definition) is 1. The molecular formula is C12H10N2O3S. The van der Waals surface area contributed by atoms with E-state index >= 15 is 0 Å². The van der Waals surface area contributed by atoms with Gasteiger partial charge in [-0.3, -0.25) is 9.69 Å². The number of nitrogens with zero attached hydrogens (tertiary/aromatic N) is 2. The molecule has 2 aromatic rings. The third-order valence-corrected chi connectivity index (χ3v) is 3.39. The van der Waals surface area contributed by atoms with Gasteiger partial charge in [0.1, 0.15) is 10.7 Å². The summed E-state index contributed by atoms with van der Waals surface area (Å²) < 4.78 is 0. The molecule has 0 saturated carbocycles. The van der Waals surface area contributed by atoms with Gasteiger partial charge in [-0.05, 0) is 24.3 Å². The topological polar surface area (TPSA) is 70.5 Å². The van der Waals surface area contributed by atoms with Crippen LogP contribution in [0.1, 0.15) is 19.3 Å². The lowest BCUT2D eigenvalue weighted by molar-refractivity contribution is 0.0702. The number of hydrogen-bond acceptors (Lipinski definition) is 4. The molecule has 0 unspecified atom stereocenters. The van der Waals surface area contributed by atoms with Crippen molar-refractivity contribution in [1.29, 1.82) is 0 Å². The number of pyridine rings is 1. The van der Waals surface area contributed by atoms with Crippen molar-refractivity contribution in [2.24, 2.45) is 0 Å². The Labute approximate surface area is 107 Å². The van der Waals surface area contributed by atoms with Gasteiger partial charge in [-0.15, -0.1) is 11.3 Å². The molecule has 2 aromatic heterocycles. The van der Waals surface area contributed by atoms with Gasteiger partial charge in [-0.2, -0.15) is 0 Å². The van der Waals surface area contributed by atoms with Crippen LogP contribution < -0.4 is 4.90 Å². The second kappa shape index (κ2) is 4.97. The van der Waals surface area contributed by atoms with Crippen LogP contribution in [-0.4, -0.2) is 29.0 Å². The fraction of sp³-hybridized carbons (Fsp3) is 0.0833. The van der Waals surface area contributed by atoms with Gasteiger partial charge in [0.2, 0.25) is 0 Å². The Morgan fingerprint density at radius 2 is 1.94 bits per heavy atom. The molecule has 18 heavy (non-hydrogen) atoms. The van der Waals surface area contributed by atoms with Gasteiger partial charge in [-0.1, -0.05) is 6.07 Å². The van der Waals surface area contributed by atoms with E-state index in [2.05, 4.69) is 4.98 Å². The summed E-state index contributed by atoms with van der Waals surface area (Å²) in [5.41, 5.74) is 0. The Balaban J connectivity index is 2.23. The second-order valence-electron chi connectivity index (χ2n) is 3.52. The zero-order valence-corrected chi connectivity index (χ0v) is 10.3. The summed E-state index contributed by atoms with van der Waals surface area (Å²) in [5.74, 6) is -0.779. The Morgan fingerprint density at radius 1 is 1.22 bits per heavy atom. The molecule has 0 aliphatic heterocycles. The van der Waals surface area contributed by atoms with Gasteiger partial charge >= 0.3 is 5.97 Å². The summed E-state index contributed by atoms with van der Waals surface area (Å²) >= 11 is 0.954. The van der Waals surface area contributed by atoms with Crippen molar-refractivity contribution in [3.63, 3.8) is 0 Å². The summed E-state index contributed by atoms with van der Waals surface area (Å²) in [5, 5.41) is 8.81. The smallest absolute Gasteiger partial charge is 0.345 e. The maximum atomic E-state index is 12.1. The summed E-state index contributed by atoms with van der Waals surface area (Å²) in [7, 11) is 1.60. The molecule has 1 amide bonds. The summed E-state index contributed by atoms with van der Waals surface area (Å²) in [4.78, 5) is 28.8. The van der Waals surface area contributed by atoms with Crippen LogP contribution in [0, 0.1) is 0 Å². The zero-order chi connectivity index (χ0) is 13.1. The van der Waals surface area contributed by atoms with Crippen LogP contribution in [0.15, 0.2) is 36.5 Å². The minimum atomic E-state index is -1.03. The van der Waals surface area contributed by atoms with E-state index in [9.17, 15) is 9.59 Å². The second-order valence-corrected chi connectivity index (χ2v) is 4.60. The first-order valence-corrected chi connectivity index (χ1v) is 5.93. The lowest BCUT2D eigenvalue weighted by Crippen LogP contribution is -2.26. The lowest BCUT2D eigenvalue weighted by Gasteiger charge is -2.14. The minimum absolute atomic E-state index is 0.146. The van der Waals surface area contributed by atoms with Gasteiger partial charge in [0.25, 0.3) is 5.91 Å². The molecule has 0 spiro atoms. The number of carbonyl (C=O) groups is 2. The molecule has 0 fully saturated rings. The maximum Gasteiger partial charge on any atom is 0.345 e. The molecule has 0 aliphatic rings. The number of thiophene rings is 1. The predicted octanol–water partition coefficient (Wildman–Crippen LogP) is 2.12. The van der Waals surface area contributed by atoms with Crippen molar-refractivity contribution in [3.05, 3.63) is 46.3 Å². The highest BCUT2D eigenvalue weighted by atomic mass is 32.1. The molecule has 1 N–H and O–H groups in total. The third-order valence-electron chi connectivity index (χ3n) is 2.33. The van der Waals surface area contributed by atoms with E-state index in [0.29, 0.717) is 10.7 Å². The number of anilines is 1. The summed E-state index contributed by atoms with van der Waals surface area (Å²) in [6.45, 7) is 0. The van der Waals surface area contributed by atoms with Gasteiger partial charge in [0.05, 0.1) is 4.88 Å². The van der Waals surface area contributed by atoms with Crippen LogP contribution >= 0.6 is 11.3 Å². The highest BCUT2D eigenvalue weighted by molar-refractivity contribution is 7.16. The number of carboxylic acids is 1. The van der Waals surface area contributed by atoms with Crippen molar-refractivity contribution >= 4 is 29.0 Å². The van der Waals surface area contributed by atoms with Crippen molar-refractivity contribution in [3.8, 4) is 0 Å². The highest BCUT2D eigenvalue weighted by Crippen LogP contribution is 2.20. The van der Waals surface area contributed by atoms with Gasteiger partial charge in [0.15, 0.2) is 0 Å². The number of aromatic carboxylic acids is 1. The minimum Gasteiger partial charge on any atom is -0.477 e. The number of amides is 1. The normalized spacial score (nSPS) is 10.1. The van der Waals surface area contributed by atoms with Crippen LogP contribution in [0.4, 0.5) is 5.82 Å². The first-order valence-electron chi connectivity index (χ1n) is 5.12. The highest BCUT2D eigenvalue weighted by Gasteiger charge is 2.18. The standard InChI is InChI=1S/C12H10N2O3S/c1-14(10-4-2-3-7-13-10)11(15)8-5-6-9(18-8)12(16)17/h2-7H,1H3,(H,16,17). The van der Waals surface area contributed by atoms with Crippen molar-refractivity contribution in [2.75, 3.05) is 11.9 Å². The van der Waals surface area contributed by atoms with Gasteiger partial charge in [0, 0.05) is 13.2 Å². The molecule has 0 radical (unpaired) electrons. The fourth-order valence-corrected chi connectivity index (χ4v) is 2.21. The van der Waals surface area contributed by atoms with Crippen LogP contribution in [0.25, 0.3) is 0 Å². The van der Waals surface area contributed by atoms with E-state index < -0.39 is 5.97 Å². The average Bonchev–Trinajstić information content (AvgIpc) is 2.88. The Morgan fingerprint density at radius 3 is 2.50 bits per heavy atom. The summed E-state index contributed by atoms with van der Waals surface area (Å²) in [6.07, 6.45) is 1.59. The van der Waals surface area contributed by atoms with E-state index in [1.807, 2.05) is 0 Å². The predicted molar refractivity (Wildman–Crippen MR) is 68.2 cm³/mol. The first-order chi connectivity index (χ1) is 8.59. The van der Waals surface area contributed by atoms with E-state index in [1.165, 1.54) is 17.0 Å².